The van der Waals surface area contributed by atoms with Crippen molar-refractivity contribution in [3.63, 3.8) is 0 Å². The summed E-state index contributed by atoms with van der Waals surface area (Å²) in [4.78, 5) is 17.2. The molecule has 7 heteroatoms. The quantitative estimate of drug-likeness (QED) is 0.364. The van der Waals surface area contributed by atoms with Gasteiger partial charge in [0.2, 0.25) is 0 Å². The van der Waals surface area contributed by atoms with Gasteiger partial charge < -0.3 is 15.4 Å². The van der Waals surface area contributed by atoms with Crippen LogP contribution < -0.4 is 15.4 Å². The second-order valence-corrected chi connectivity index (χ2v) is 7.64. The first-order valence-electron chi connectivity index (χ1n) is 9.16. The van der Waals surface area contributed by atoms with E-state index in [2.05, 4.69) is 15.6 Å². The van der Waals surface area contributed by atoms with Gasteiger partial charge in [0, 0.05) is 16.6 Å². The number of hydrogen-bond donors (Lipinski definition) is 2. The second kappa shape index (κ2) is 8.98. The number of nitrogens with zero attached hydrogens (tertiary/aromatic N) is 1. The molecule has 1 aromatic heterocycles. The van der Waals surface area contributed by atoms with Crippen LogP contribution in [0.15, 0.2) is 78.2 Å². The smallest absolute Gasteiger partial charge is 0.259 e. The summed E-state index contributed by atoms with van der Waals surface area (Å²) in [7, 11) is 1.55. The summed E-state index contributed by atoms with van der Waals surface area (Å²) in [5, 5.41) is 9.50. The molecule has 1 amide bonds. The zero-order valence-corrected chi connectivity index (χ0v) is 17.6. The summed E-state index contributed by atoms with van der Waals surface area (Å²) in [5.41, 5.74) is 3.79. The Morgan fingerprint density at radius 1 is 1.00 bits per heavy atom. The van der Waals surface area contributed by atoms with Crippen molar-refractivity contribution in [2.24, 2.45) is 0 Å². The molecule has 0 unspecified atom stereocenters. The number of hydrogen-bond acceptors (Lipinski definition) is 5. The van der Waals surface area contributed by atoms with E-state index in [1.54, 1.807) is 25.3 Å². The summed E-state index contributed by atoms with van der Waals surface area (Å²) < 4.78 is 5.25. The third kappa shape index (κ3) is 4.45. The van der Waals surface area contributed by atoms with Crippen LogP contribution in [0.5, 0.6) is 5.75 Å². The van der Waals surface area contributed by atoms with Crippen molar-refractivity contribution in [3.05, 3.63) is 88.8 Å². The number of rotatable bonds is 6. The molecule has 0 aliphatic heterocycles. The summed E-state index contributed by atoms with van der Waals surface area (Å²) in [6.45, 7) is 0. The Bertz CT molecular complexity index is 1180. The molecule has 5 nitrogen and oxygen atoms in total. The lowest BCUT2D eigenvalue weighted by Gasteiger charge is -2.09. The largest absolute Gasteiger partial charge is 0.496 e. The lowest BCUT2D eigenvalue weighted by Crippen LogP contribution is -2.12. The van der Waals surface area contributed by atoms with E-state index in [1.165, 1.54) is 11.3 Å². The van der Waals surface area contributed by atoms with Crippen LogP contribution in [-0.4, -0.2) is 18.0 Å². The monoisotopic (exact) mass is 435 g/mol. The van der Waals surface area contributed by atoms with Gasteiger partial charge in [0.05, 0.1) is 29.1 Å². The molecule has 0 bridgehead atoms. The zero-order valence-electron chi connectivity index (χ0n) is 16.1. The van der Waals surface area contributed by atoms with Gasteiger partial charge in [0.1, 0.15) is 5.75 Å². The Labute approximate surface area is 183 Å². The first-order chi connectivity index (χ1) is 14.6. The number of anilines is 3. The van der Waals surface area contributed by atoms with Crippen molar-refractivity contribution >= 4 is 45.4 Å². The summed E-state index contributed by atoms with van der Waals surface area (Å²) in [6.07, 6.45) is 0. The number of ether oxygens (including phenoxy) is 1. The lowest BCUT2D eigenvalue weighted by molar-refractivity contribution is 0.102. The number of nitrogens with one attached hydrogen (secondary N) is 2. The van der Waals surface area contributed by atoms with E-state index in [0.717, 1.165) is 22.1 Å². The normalized spacial score (nSPS) is 10.5. The van der Waals surface area contributed by atoms with Crippen molar-refractivity contribution in [2.75, 3.05) is 17.7 Å². The predicted molar refractivity (Wildman–Crippen MR) is 123 cm³/mol. The van der Waals surface area contributed by atoms with Crippen molar-refractivity contribution < 1.29 is 9.53 Å². The van der Waals surface area contributed by atoms with E-state index >= 15 is 0 Å². The highest BCUT2D eigenvalue weighted by molar-refractivity contribution is 7.14. The van der Waals surface area contributed by atoms with Gasteiger partial charge in [-0.2, -0.15) is 0 Å². The topological polar surface area (TPSA) is 63.2 Å². The first-order valence-corrected chi connectivity index (χ1v) is 10.4. The molecule has 0 saturated heterocycles. The van der Waals surface area contributed by atoms with Gasteiger partial charge in [-0.15, -0.1) is 11.3 Å². The van der Waals surface area contributed by atoms with Crippen molar-refractivity contribution in [1.82, 2.24) is 4.98 Å². The maximum absolute atomic E-state index is 12.5. The van der Waals surface area contributed by atoms with Crippen LogP contribution >= 0.6 is 22.9 Å². The molecule has 0 atom stereocenters. The van der Waals surface area contributed by atoms with Gasteiger partial charge in [-0.1, -0.05) is 48.0 Å². The van der Waals surface area contributed by atoms with Crippen LogP contribution in [0.2, 0.25) is 5.02 Å². The van der Waals surface area contributed by atoms with Gasteiger partial charge in [-0.3, -0.25) is 4.79 Å². The predicted octanol–water partition coefficient (Wildman–Crippen LogP) is 6.47. The molecule has 4 rings (SSSR count). The van der Waals surface area contributed by atoms with Crippen LogP contribution in [0.4, 0.5) is 16.5 Å². The third-order valence-corrected chi connectivity index (χ3v) is 5.50. The Morgan fingerprint density at radius 3 is 2.50 bits per heavy atom. The van der Waals surface area contributed by atoms with Crippen LogP contribution in [0.1, 0.15) is 10.4 Å². The number of para-hydroxylation sites is 2. The highest BCUT2D eigenvalue weighted by Gasteiger charge is 2.12. The Kier molecular flexibility index (Phi) is 5.97. The molecule has 150 valence electrons. The van der Waals surface area contributed by atoms with Gasteiger partial charge in [-0.25, -0.2) is 4.98 Å². The minimum atomic E-state index is -0.222. The zero-order chi connectivity index (χ0) is 20.9. The molecule has 0 radical (unpaired) electrons. The van der Waals surface area contributed by atoms with E-state index in [0.29, 0.717) is 22.0 Å². The molecule has 0 aliphatic carbocycles. The fraction of sp³-hybridized carbons (Fsp3) is 0.0435. The number of carbonyl (C=O) groups is 1. The molecule has 4 aromatic rings. The number of thiazole rings is 1. The van der Waals surface area contributed by atoms with Gasteiger partial charge >= 0.3 is 0 Å². The van der Waals surface area contributed by atoms with Crippen LogP contribution in [0, 0.1) is 0 Å². The van der Waals surface area contributed by atoms with E-state index in [9.17, 15) is 4.79 Å². The number of amides is 1. The lowest BCUT2D eigenvalue weighted by atomic mass is 10.1. The number of methoxy groups -OCH3 is 1. The SMILES string of the molecule is COc1ccccc1C(=O)Nc1ccc(-c2csc(Nc3ccccc3Cl)n2)cc1. The summed E-state index contributed by atoms with van der Waals surface area (Å²) in [5.74, 6) is 0.313. The van der Waals surface area contributed by atoms with Crippen molar-refractivity contribution in [1.29, 1.82) is 0 Å². The van der Waals surface area contributed by atoms with Crippen molar-refractivity contribution in [3.8, 4) is 17.0 Å². The fourth-order valence-corrected chi connectivity index (χ4v) is 3.81. The van der Waals surface area contributed by atoms with E-state index in [1.807, 2.05) is 60.0 Å². The highest BCUT2D eigenvalue weighted by Crippen LogP contribution is 2.30. The first kappa shape index (κ1) is 19.9. The summed E-state index contributed by atoms with van der Waals surface area (Å²) in [6, 6.07) is 22.2. The fourth-order valence-electron chi connectivity index (χ4n) is 2.90. The van der Waals surface area contributed by atoms with E-state index in [-0.39, 0.29) is 5.91 Å². The van der Waals surface area contributed by atoms with Crippen LogP contribution in [0.3, 0.4) is 0 Å². The maximum Gasteiger partial charge on any atom is 0.259 e. The standard InChI is InChI=1S/C23H18ClN3O2S/c1-29-21-9-5-2-6-17(21)22(28)25-16-12-10-15(11-13-16)20-14-30-23(27-20)26-19-8-4-3-7-18(19)24/h2-14H,1H3,(H,25,28)(H,26,27). The Hall–Kier alpha value is -3.35. The average molecular weight is 436 g/mol. The molecule has 0 spiro atoms. The average Bonchev–Trinajstić information content (AvgIpc) is 3.24. The maximum atomic E-state index is 12.5. The van der Waals surface area contributed by atoms with Crippen LogP contribution in [-0.2, 0) is 0 Å². The van der Waals surface area contributed by atoms with Gasteiger partial charge in [0.15, 0.2) is 5.13 Å². The highest BCUT2D eigenvalue weighted by atomic mass is 35.5. The Balaban J connectivity index is 1.46. The van der Waals surface area contributed by atoms with Gasteiger partial charge in [-0.05, 0) is 36.4 Å². The molecule has 2 N–H and O–H groups in total. The molecular formula is C23H18ClN3O2S. The molecule has 0 saturated carbocycles. The van der Waals surface area contributed by atoms with Crippen molar-refractivity contribution in [2.45, 2.75) is 0 Å². The number of halogens is 1. The minimum absolute atomic E-state index is 0.222. The number of benzene rings is 3. The van der Waals surface area contributed by atoms with Crippen LogP contribution in [0.25, 0.3) is 11.3 Å². The molecular weight excluding hydrogens is 418 g/mol. The number of carbonyl (C=O) groups excluding carboxylic acids is 1. The number of aromatic nitrogens is 1. The molecule has 0 aliphatic rings. The summed E-state index contributed by atoms with van der Waals surface area (Å²) >= 11 is 7.69. The molecule has 30 heavy (non-hydrogen) atoms. The minimum Gasteiger partial charge on any atom is -0.496 e. The third-order valence-electron chi connectivity index (χ3n) is 4.41. The van der Waals surface area contributed by atoms with E-state index < -0.39 is 0 Å². The van der Waals surface area contributed by atoms with E-state index in [4.69, 9.17) is 16.3 Å². The Morgan fingerprint density at radius 2 is 1.73 bits per heavy atom. The second-order valence-electron chi connectivity index (χ2n) is 6.37. The molecule has 3 aromatic carbocycles. The molecule has 0 fully saturated rings. The molecule has 1 heterocycles. The van der Waals surface area contributed by atoms with Gasteiger partial charge in [0.25, 0.3) is 5.91 Å².